The van der Waals surface area contributed by atoms with Crippen molar-refractivity contribution in [3.8, 4) is 0 Å². The van der Waals surface area contributed by atoms with E-state index in [2.05, 4.69) is 66.5 Å². The molecule has 0 spiro atoms. The van der Waals surface area contributed by atoms with Crippen molar-refractivity contribution in [1.82, 2.24) is 9.97 Å². The van der Waals surface area contributed by atoms with Gasteiger partial charge in [-0.15, -0.1) is 0 Å². The maximum absolute atomic E-state index is 4.38. The highest BCUT2D eigenvalue weighted by atomic mass is 15.2. The largest absolute Gasteiger partial charge is 0.368 e. The van der Waals surface area contributed by atoms with E-state index in [0.717, 1.165) is 5.69 Å². The Kier molecular flexibility index (Phi) is 6.35. The van der Waals surface area contributed by atoms with Crippen LogP contribution in [0.1, 0.15) is 57.4 Å². The molecule has 0 atom stereocenters. The minimum absolute atomic E-state index is 0.582. The standard InChI is InChI=1S/C12H18N2.C11H16N2/c1-9(2)14-6-4-5-11-7-10(3)13-8-12(11)14;1-9(2)13-7-3-4-10-5-6-12-8-11(10)13/h7-9H,4-6H2,1-3H3;5-6,8-9H,3-4,7H2,1-2H3. The number of rotatable bonds is 2. The van der Waals surface area contributed by atoms with E-state index in [1.807, 2.05) is 18.6 Å². The first-order valence-electron chi connectivity index (χ1n) is 10.4. The summed E-state index contributed by atoms with van der Waals surface area (Å²) < 4.78 is 0. The molecule has 27 heavy (non-hydrogen) atoms. The van der Waals surface area contributed by atoms with E-state index in [1.165, 1.54) is 61.3 Å². The lowest BCUT2D eigenvalue weighted by Gasteiger charge is -2.34. The van der Waals surface area contributed by atoms with Gasteiger partial charge in [-0.2, -0.15) is 0 Å². The molecule has 0 aromatic carbocycles. The Labute approximate surface area is 164 Å². The fourth-order valence-electron chi connectivity index (χ4n) is 4.15. The maximum Gasteiger partial charge on any atom is 0.0587 e. The van der Waals surface area contributed by atoms with Gasteiger partial charge in [0.2, 0.25) is 0 Å². The molecule has 0 N–H and O–H groups in total. The fraction of sp³-hybridized carbons (Fsp3) is 0.565. The van der Waals surface area contributed by atoms with Crippen LogP contribution in [0.15, 0.2) is 30.7 Å². The smallest absolute Gasteiger partial charge is 0.0587 e. The highest BCUT2D eigenvalue weighted by molar-refractivity contribution is 5.55. The predicted molar refractivity (Wildman–Crippen MR) is 115 cm³/mol. The van der Waals surface area contributed by atoms with Crippen LogP contribution >= 0.6 is 0 Å². The molecule has 4 heterocycles. The van der Waals surface area contributed by atoms with Crippen LogP contribution in [0, 0.1) is 6.92 Å². The number of nitrogens with zero attached hydrogens (tertiary/aromatic N) is 4. The lowest BCUT2D eigenvalue weighted by Crippen LogP contribution is -2.35. The summed E-state index contributed by atoms with van der Waals surface area (Å²) in [5.41, 5.74) is 6.74. The molecule has 4 heteroatoms. The summed E-state index contributed by atoms with van der Waals surface area (Å²) in [6, 6.07) is 5.54. The van der Waals surface area contributed by atoms with Crippen molar-refractivity contribution in [2.75, 3.05) is 22.9 Å². The summed E-state index contributed by atoms with van der Waals surface area (Å²) in [6.45, 7) is 13.4. The molecule has 0 saturated heterocycles. The molecule has 0 bridgehead atoms. The highest BCUT2D eigenvalue weighted by Gasteiger charge is 2.19. The highest BCUT2D eigenvalue weighted by Crippen LogP contribution is 2.28. The minimum atomic E-state index is 0.582. The summed E-state index contributed by atoms with van der Waals surface area (Å²) in [5.74, 6) is 0. The Morgan fingerprint density at radius 1 is 0.852 bits per heavy atom. The topological polar surface area (TPSA) is 32.3 Å². The first-order valence-corrected chi connectivity index (χ1v) is 10.4. The third kappa shape index (κ3) is 4.60. The maximum atomic E-state index is 4.38. The molecule has 0 radical (unpaired) electrons. The van der Waals surface area contributed by atoms with Gasteiger partial charge >= 0.3 is 0 Å². The Bertz CT molecular complexity index is 754. The van der Waals surface area contributed by atoms with E-state index in [1.54, 1.807) is 0 Å². The Morgan fingerprint density at radius 3 is 2.07 bits per heavy atom. The molecule has 4 rings (SSSR count). The van der Waals surface area contributed by atoms with Crippen LogP contribution < -0.4 is 9.80 Å². The average Bonchev–Trinajstić information content (AvgIpc) is 2.67. The van der Waals surface area contributed by atoms with E-state index in [4.69, 9.17) is 0 Å². The first-order chi connectivity index (χ1) is 13.0. The summed E-state index contributed by atoms with van der Waals surface area (Å²) >= 11 is 0. The number of fused-ring (bicyclic) bond motifs is 2. The lowest BCUT2D eigenvalue weighted by atomic mass is 10.0. The Hall–Kier alpha value is -2.10. The summed E-state index contributed by atoms with van der Waals surface area (Å²) in [4.78, 5) is 13.5. The van der Waals surface area contributed by atoms with Crippen LogP contribution in [-0.4, -0.2) is 35.1 Å². The molecular weight excluding hydrogens is 332 g/mol. The lowest BCUT2D eigenvalue weighted by molar-refractivity contribution is 0.623. The molecule has 2 aliphatic rings. The number of anilines is 2. The molecule has 2 aliphatic heterocycles. The van der Waals surface area contributed by atoms with E-state index in [0.29, 0.717) is 12.1 Å². The second-order valence-corrected chi connectivity index (χ2v) is 8.24. The summed E-state index contributed by atoms with van der Waals surface area (Å²) in [5, 5.41) is 0. The second kappa shape index (κ2) is 8.73. The fourth-order valence-corrected chi connectivity index (χ4v) is 4.15. The van der Waals surface area contributed by atoms with Crippen LogP contribution in [0.5, 0.6) is 0 Å². The van der Waals surface area contributed by atoms with Gasteiger partial charge in [0.1, 0.15) is 0 Å². The first kappa shape index (κ1) is 19.7. The zero-order chi connectivity index (χ0) is 19.4. The molecule has 0 amide bonds. The summed E-state index contributed by atoms with van der Waals surface area (Å²) in [7, 11) is 0. The minimum Gasteiger partial charge on any atom is -0.368 e. The number of aromatic nitrogens is 2. The van der Waals surface area contributed by atoms with Crippen molar-refractivity contribution in [2.24, 2.45) is 0 Å². The molecule has 0 saturated carbocycles. The quantitative estimate of drug-likeness (QED) is 0.765. The SMILES string of the molecule is CC(C)N1CCCc2ccncc21.Cc1cc2c(cn1)N(C(C)C)CCC2. The van der Waals surface area contributed by atoms with Crippen molar-refractivity contribution in [3.63, 3.8) is 0 Å². The predicted octanol–water partition coefficient (Wildman–Crippen LogP) is 4.79. The molecule has 2 aromatic heterocycles. The number of aryl methyl sites for hydroxylation is 3. The van der Waals surface area contributed by atoms with E-state index in [9.17, 15) is 0 Å². The summed E-state index contributed by atoms with van der Waals surface area (Å²) in [6.07, 6.45) is 10.9. The Morgan fingerprint density at radius 2 is 1.44 bits per heavy atom. The Balaban J connectivity index is 0.000000156. The van der Waals surface area contributed by atoms with Gasteiger partial charge in [0.25, 0.3) is 0 Å². The van der Waals surface area contributed by atoms with Gasteiger partial charge in [-0.1, -0.05) is 0 Å². The number of hydrogen-bond donors (Lipinski definition) is 0. The van der Waals surface area contributed by atoms with Crippen molar-refractivity contribution in [1.29, 1.82) is 0 Å². The molecule has 0 fully saturated rings. The van der Waals surface area contributed by atoms with Crippen LogP contribution in [-0.2, 0) is 12.8 Å². The molecule has 0 aliphatic carbocycles. The normalized spacial score (nSPS) is 16.0. The van der Waals surface area contributed by atoms with Crippen LogP contribution in [0.2, 0.25) is 0 Å². The molecule has 0 unspecified atom stereocenters. The van der Waals surface area contributed by atoms with Gasteiger partial charge in [-0.05, 0) is 83.6 Å². The van der Waals surface area contributed by atoms with Crippen molar-refractivity contribution >= 4 is 11.4 Å². The zero-order valence-electron chi connectivity index (χ0n) is 17.6. The van der Waals surface area contributed by atoms with Gasteiger partial charge in [-0.25, -0.2) is 0 Å². The second-order valence-electron chi connectivity index (χ2n) is 8.24. The van der Waals surface area contributed by atoms with Gasteiger partial charge in [0.05, 0.1) is 23.8 Å². The molecule has 146 valence electrons. The zero-order valence-corrected chi connectivity index (χ0v) is 17.6. The molecule has 4 nitrogen and oxygen atoms in total. The van der Waals surface area contributed by atoms with E-state index in [-0.39, 0.29) is 0 Å². The average molecular weight is 367 g/mol. The van der Waals surface area contributed by atoms with E-state index >= 15 is 0 Å². The van der Waals surface area contributed by atoms with Crippen LogP contribution in [0.25, 0.3) is 0 Å². The van der Waals surface area contributed by atoms with Gasteiger partial charge < -0.3 is 9.80 Å². The van der Waals surface area contributed by atoms with Crippen molar-refractivity contribution < 1.29 is 0 Å². The van der Waals surface area contributed by atoms with Crippen molar-refractivity contribution in [2.45, 2.75) is 72.4 Å². The molecule has 2 aromatic rings. The third-order valence-electron chi connectivity index (χ3n) is 5.55. The third-order valence-corrected chi connectivity index (χ3v) is 5.55. The monoisotopic (exact) mass is 366 g/mol. The van der Waals surface area contributed by atoms with Gasteiger partial charge in [0.15, 0.2) is 0 Å². The van der Waals surface area contributed by atoms with Gasteiger partial charge in [-0.3, -0.25) is 9.97 Å². The van der Waals surface area contributed by atoms with Crippen molar-refractivity contribution in [3.05, 3.63) is 47.5 Å². The van der Waals surface area contributed by atoms with Gasteiger partial charge in [0, 0.05) is 37.1 Å². The van der Waals surface area contributed by atoms with E-state index < -0.39 is 0 Å². The number of hydrogen-bond acceptors (Lipinski definition) is 4. The number of pyridine rings is 2. The van der Waals surface area contributed by atoms with Crippen LogP contribution in [0.3, 0.4) is 0 Å². The molecular formula is C23H34N4. The van der Waals surface area contributed by atoms with Crippen LogP contribution in [0.4, 0.5) is 11.4 Å².